The maximum atomic E-state index is 12.8. The number of aromatic nitrogens is 2. The van der Waals surface area contributed by atoms with Crippen LogP contribution in [0.5, 0.6) is 0 Å². The van der Waals surface area contributed by atoms with Crippen molar-refractivity contribution >= 4 is 40.5 Å². The van der Waals surface area contributed by atoms with Gasteiger partial charge in [-0.2, -0.15) is 5.10 Å². The van der Waals surface area contributed by atoms with Crippen LogP contribution in [0.1, 0.15) is 15.2 Å². The molecule has 2 aromatic heterocycles. The summed E-state index contributed by atoms with van der Waals surface area (Å²) in [5.41, 5.74) is 3.61. The fourth-order valence-corrected chi connectivity index (χ4v) is 4.02. The van der Waals surface area contributed by atoms with Gasteiger partial charge in [0.05, 0.1) is 30.6 Å². The monoisotopic (exact) mass is 451 g/mol. The first-order chi connectivity index (χ1) is 15.0. The number of esters is 1. The van der Waals surface area contributed by atoms with Crippen molar-refractivity contribution in [1.82, 2.24) is 9.78 Å². The van der Waals surface area contributed by atoms with Gasteiger partial charge < -0.3 is 10.1 Å². The zero-order valence-corrected chi connectivity index (χ0v) is 18.1. The van der Waals surface area contributed by atoms with Crippen LogP contribution in [0, 0.1) is 0 Å². The Kier molecular flexibility index (Phi) is 6.16. The number of rotatable bonds is 6. The van der Waals surface area contributed by atoms with Crippen LogP contribution in [-0.4, -0.2) is 28.8 Å². The molecule has 1 amide bonds. The van der Waals surface area contributed by atoms with Gasteiger partial charge in [-0.3, -0.25) is 4.79 Å². The summed E-state index contributed by atoms with van der Waals surface area (Å²) in [6, 6.07) is 18.7. The molecule has 0 bridgehead atoms. The number of carbonyl (C=O) groups excluding carboxylic acids is 2. The molecule has 6 nitrogen and oxygen atoms in total. The van der Waals surface area contributed by atoms with E-state index in [0.29, 0.717) is 21.3 Å². The van der Waals surface area contributed by atoms with Crippen molar-refractivity contribution in [3.8, 4) is 16.9 Å². The van der Waals surface area contributed by atoms with Crippen molar-refractivity contribution in [3.05, 3.63) is 87.7 Å². The summed E-state index contributed by atoms with van der Waals surface area (Å²) in [5, 5.41) is 9.87. The van der Waals surface area contributed by atoms with Gasteiger partial charge in [-0.1, -0.05) is 41.9 Å². The van der Waals surface area contributed by atoms with Crippen LogP contribution < -0.4 is 5.32 Å². The highest BCUT2D eigenvalue weighted by atomic mass is 35.5. The molecule has 2 heterocycles. The molecular weight excluding hydrogens is 434 g/mol. The van der Waals surface area contributed by atoms with E-state index in [9.17, 15) is 9.59 Å². The van der Waals surface area contributed by atoms with E-state index in [-0.39, 0.29) is 12.3 Å². The first-order valence-electron chi connectivity index (χ1n) is 9.40. The zero-order chi connectivity index (χ0) is 21.8. The molecule has 0 saturated heterocycles. The number of hydrogen-bond acceptors (Lipinski definition) is 5. The molecule has 31 heavy (non-hydrogen) atoms. The highest BCUT2D eigenvalue weighted by Crippen LogP contribution is 2.27. The number of thiophene rings is 1. The lowest BCUT2D eigenvalue weighted by Crippen LogP contribution is -2.16. The Morgan fingerprint density at radius 1 is 1.10 bits per heavy atom. The summed E-state index contributed by atoms with van der Waals surface area (Å²) >= 11 is 7.24. The second-order valence-electron chi connectivity index (χ2n) is 6.67. The molecule has 0 unspecified atom stereocenters. The molecule has 0 atom stereocenters. The molecule has 0 spiro atoms. The third-order valence-electron chi connectivity index (χ3n) is 4.59. The maximum Gasteiger partial charge on any atom is 0.350 e. The van der Waals surface area contributed by atoms with Gasteiger partial charge in [-0.15, -0.1) is 11.3 Å². The molecule has 2 aromatic carbocycles. The summed E-state index contributed by atoms with van der Waals surface area (Å²) in [6.45, 7) is 0. The van der Waals surface area contributed by atoms with Gasteiger partial charge in [0.1, 0.15) is 4.88 Å². The standard InChI is InChI=1S/C23H18ClN3O3S/c1-30-23(29)22-19(11-12-31-22)25-20(28)13-16-14-27(18-5-3-2-4-6-18)26-21(16)15-7-9-17(24)10-8-15/h2-12,14H,13H2,1H3,(H,25,28). The number of benzene rings is 2. The Morgan fingerprint density at radius 3 is 2.55 bits per heavy atom. The van der Waals surface area contributed by atoms with Gasteiger partial charge in [0.15, 0.2) is 0 Å². The first kappa shape index (κ1) is 20.8. The van der Waals surface area contributed by atoms with E-state index in [1.807, 2.05) is 48.7 Å². The van der Waals surface area contributed by atoms with Gasteiger partial charge in [0, 0.05) is 22.3 Å². The Labute approximate surface area is 188 Å². The van der Waals surface area contributed by atoms with Gasteiger partial charge >= 0.3 is 5.97 Å². The topological polar surface area (TPSA) is 73.2 Å². The summed E-state index contributed by atoms with van der Waals surface area (Å²) in [6.07, 6.45) is 1.93. The molecular formula is C23H18ClN3O3S. The second-order valence-corrected chi connectivity index (χ2v) is 8.02. The number of carbonyl (C=O) groups is 2. The van der Waals surface area contributed by atoms with E-state index >= 15 is 0 Å². The summed E-state index contributed by atoms with van der Waals surface area (Å²) in [4.78, 5) is 25.0. The highest BCUT2D eigenvalue weighted by molar-refractivity contribution is 7.12. The molecule has 1 N–H and O–H groups in total. The van der Waals surface area contributed by atoms with Gasteiger partial charge in [-0.25, -0.2) is 9.48 Å². The van der Waals surface area contributed by atoms with Crippen LogP contribution in [0.25, 0.3) is 16.9 Å². The van der Waals surface area contributed by atoms with E-state index in [1.54, 1.807) is 28.3 Å². The van der Waals surface area contributed by atoms with Crippen molar-refractivity contribution < 1.29 is 14.3 Å². The molecule has 0 aliphatic carbocycles. The predicted molar refractivity (Wildman–Crippen MR) is 122 cm³/mol. The average molecular weight is 452 g/mol. The SMILES string of the molecule is COC(=O)c1sccc1NC(=O)Cc1cn(-c2ccccc2)nc1-c1ccc(Cl)cc1. The molecule has 0 radical (unpaired) electrons. The van der Waals surface area contributed by atoms with Crippen LogP contribution >= 0.6 is 22.9 Å². The number of anilines is 1. The molecule has 4 rings (SSSR count). The number of nitrogens with zero attached hydrogens (tertiary/aromatic N) is 2. The number of methoxy groups -OCH3 is 1. The Morgan fingerprint density at radius 2 is 1.84 bits per heavy atom. The van der Waals surface area contributed by atoms with E-state index in [0.717, 1.165) is 16.8 Å². The zero-order valence-electron chi connectivity index (χ0n) is 16.5. The predicted octanol–water partition coefficient (Wildman–Crippen LogP) is 5.22. The minimum absolute atomic E-state index is 0.0846. The summed E-state index contributed by atoms with van der Waals surface area (Å²) < 4.78 is 6.52. The third kappa shape index (κ3) is 4.68. The number of amides is 1. The Bertz CT molecular complexity index is 1220. The Hall–Kier alpha value is -3.42. The fourth-order valence-electron chi connectivity index (χ4n) is 3.13. The lowest BCUT2D eigenvalue weighted by Gasteiger charge is -2.06. The average Bonchev–Trinajstić information content (AvgIpc) is 3.41. The van der Waals surface area contributed by atoms with E-state index in [1.165, 1.54) is 18.4 Å². The molecule has 0 aliphatic heterocycles. The van der Waals surface area contributed by atoms with Crippen molar-refractivity contribution in [1.29, 1.82) is 0 Å². The normalized spacial score (nSPS) is 10.6. The van der Waals surface area contributed by atoms with Crippen LogP contribution in [0.3, 0.4) is 0 Å². The minimum Gasteiger partial charge on any atom is -0.465 e. The van der Waals surface area contributed by atoms with Crippen molar-refractivity contribution in [2.45, 2.75) is 6.42 Å². The third-order valence-corrected chi connectivity index (χ3v) is 5.74. The van der Waals surface area contributed by atoms with Gasteiger partial charge in [0.2, 0.25) is 5.91 Å². The minimum atomic E-state index is -0.482. The van der Waals surface area contributed by atoms with E-state index in [4.69, 9.17) is 21.4 Å². The lowest BCUT2D eigenvalue weighted by atomic mass is 10.1. The Balaban J connectivity index is 1.64. The quantitative estimate of drug-likeness (QED) is 0.408. The number of halogens is 1. The van der Waals surface area contributed by atoms with E-state index < -0.39 is 5.97 Å². The molecule has 0 saturated carbocycles. The molecule has 0 fully saturated rings. The fraction of sp³-hybridized carbons (Fsp3) is 0.0870. The number of hydrogen-bond donors (Lipinski definition) is 1. The first-order valence-corrected chi connectivity index (χ1v) is 10.7. The second kappa shape index (κ2) is 9.16. The largest absolute Gasteiger partial charge is 0.465 e. The molecule has 156 valence electrons. The van der Waals surface area contributed by atoms with Crippen molar-refractivity contribution in [2.75, 3.05) is 12.4 Å². The highest BCUT2D eigenvalue weighted by Gasteiger charge is 2.19. The van der Waals surface area contributed by atoms with Crippen molar-refractivity contribution in [2.24, 2.45) is 0 Å². The maximum absolute atomic E-state index is 12.8. The number of para-hydroxylation sites is 1. The number of ether oxygens (including phenoxy) is 1. The summed E-state index contributed by atoms with van der Waals surface area (Å²) in [5.74, 6) is -0.740. The summed E-state index contributed by atoms with van der Waals surface area (Å²) in [7, 11) is 1.31. The lowest BCUT2D eigenvalue weighted by molar-refractivity contribution is -0.115. The van der Waals surface area contributed by atoms with E-state index in [2.05, 4.69) is 5.32 Å². The van der Waals surface area contributed by atoms with Crippen LogP contribution in [-0.2, 0) is 16.0 Å². The van der Waals surface area contributed by atoms with Crippen molar-refractivity contribution in [3.63, 3.8) is 0 Å². The molecule has 0 aliphatic rings. The van der Waals surface area contributed by atoms with Crippen LogP contribution in [0.4, 0.5) is 5.69 Å². The van der Waals surface area contributed by atoms with Gasteiger partial charge in [0.25, 0.3) is 0 Å². The number of nitrogens with one attached hydrogen (secondary N) is 1. The molecule has 4 aromatic rings. The smallest absolute Gasteiger partial charge is 0.350 e. The van der Waals surface area contributed by atoms with Gasteiger partial charge in [-0.05, 0) is 35.7 Å². The van der Waals surface area contributed by atoms with Crippen LogP contribution in [0.2, 0.25) is 5.02 Å². The van der Waals surface area contributed by atoms with Crippen LogP contribution in [0.15, 0.2) is 72.2 Å². The molecule has 8 heteroatoms.